The number of anilines is 1. The summed E-state index contributed by atoms with van der Waals surface area (Å²) < 4.78 is 0. The van der Waals surface area contributed by atoms with Crippen molar-refractivity contribution in [2.75, 3.05) is 11.4 Å². The maximum atomic E-state index is 13.1. The molecule has 0 bridgehead atoms. The first-order chi connectivity index (χ1) is 13.7. The Kier molecular flexibility index (Phi) is 5.81. The van der Waals surface area contributed by atoms with Crippen molar-refractivity contribution in [3.05, 3.63) is 59.4 Å². The number of halogens is 1. The van der Waals surface area contributed by atoms with Gasteiger partial charge in [-0.15, -0.1) is 0 Å². The van der Waals surface area contributed by atoms with Crippen LogP contribution >= 0.6 is 11.6 Å². The number of para-hydroxylation sites is 3. The van der Waals surface area contributed by atoms with E-state index in [1.54, 1.807) is 0 Å². The second kappa shape index (κ2) is 8.65. The molecule has 0 saturated heterocycles. The van der Waals surface area contributed by atoms with Gasteiger partial charge in [-0.05, 0) is 37.1 Å². The standard InChI is InChI=1S/C22H25ClN4O/c23-17-10-4-7-13-20(17)27(16-8-2-1-3-9-16)22(28)24-15-14-21-25-18-11-5-6-12-19(18)26-21/h4-7,10-13,16H,1-3,8-9,14-15H2,(H,24,28)(H,25,26). The van der Waals surface area contributed by atoms with Crippen molar-refractivity contribution in [2.45, 2.75) is 44.6 Å². The molecule has 28 heavy (non-hydrogen) atoms. The van der Waals surface area contributed by atoms with Gasteiger partial charge in [0.15, 0.2) is 0 Å². The monoisotopic (exact) mass is 396 g/mol. The molecule has 0 atom stereocenters. The zero-order valence-corrected chi connectivity index (χ0v) is 16.6. The number of urea groups is 1. The summed E-state index contributed by atoms with van der Waals surface area (Å²) in [5.41, 5.74) is 2.75. The number of carbonyl (C=O) groups is 1. The van der Waals surface area contributed by atoms with E-state index in [0.29, 0.717) is 18.0 Å². The molecule has 4 rings (SSSR count). The largest absolute Gasteiger partial charge is 0.342 e. The van der Waals surface area contributed by atoms with Crippen molar-refractivity contribution in [3.63, 3.8) is 0 Å². The van der Waals surface area contributed by atoms with Gasteiger partial charge in [-0.3, -0.25) is 4.90 Å². The lowest BCUT2D eigenvalue weighted by molar-refractivity contribution is 0.241. The third kappa shape index (κ3) is 4.14. The van der Waals surface area contributed by atoms with Gasteiger partial charge in [0.05, 0.1) is 21.7 Å². The minimum absolute atomic E-state index is 0.0869. The molecule has 2 N–H and O–H groups in total. The van der Waals surface area contributed by atoms with Crippen LogP contribution in [0.15, 0.2) is 48.5 Å². The van der Waals surface area contributed by atoms with Crippen LogP contribution in [-0.2, 0) is 6.42 Å². The molecular formula is C22H25ClN4O. The summed E-state index contributed by atoms with van der Waals surface area (Å²) in [6.07, 6.45) is 6.22. The molecule has 1 saturated carbocycles. The van der Waals surface area contributed by atoms with E-state index in [-0.39, 0.29) is 12.1 Å². The first-order valence-electron chi connectivity index (χ1n) is 9.97. The van der Waals surface area contributed by atoms with E-state index in [1.165, 1.54) is 6.42 Å². The van der Waals surface area contributed by atoms with Crippen LogP contribution in [0, 0.1) is 0 Å². The molecule has 146 valence electrons. The quantitative estimate of drug-likeness (QED) is 0.614. The number of aromatic nitrogens is 2. The van der Waals surface area contributed by atoms with Crippen molar-refractivity contribution in [1.29, 1.82) is 0 Å². The lowest BCUT2D eigenvalue weighted by atomic mass is 9.94. The summed E-state index contributed by atoms with van der Waals surface area (Å²) in [6.45, 7) is 0.520. The Hall–Kier alpha value is -2.53. The fourth-order valence-electron chi connectivity index (χ4n) is 3.96. The zero-order valence-electron chi connectivity index (χ0n) is 15.8. The van der Waals surface area contributed by atoms with Crippen molar-refractivity contribution in [1.82, 2.24) is 15.3 Å². The highest BCUT2D eigenvalue weighted by atomic mass is 35.5. The Morgan fingerprint density at radius 2 is 1.86 bits per heavy atom. The van der Waals surface area contributed by atoms with E-state index >= 15 is 0 Å². The highest BCUT2D eigenvalue weighted by molar-refractivity contribution is 6.33. The minimum Gasteiger partial charge on any atom is -0.342 e. The van der Waals surface area contributed by atoms with Crippen LogP contribution in [0.3, 0.4) is 0 Å². The van der Waals surface area contributed by atoms with Gasteiger partial charge in [0.2, 0.25) is 0 Å². The van der Waals surface area contributed by atoms with Gasteiger partial charge in [-0.1, -0.05) is 55.1 Å². The molecule has 2 aromatic carbocycles. The van der Waals surface area contributed by atoms with Gasteiger partial charge in [0.1, 0.15) is 5.82 Å². The van der Waals surface area contributed by atoms with Crippen molar-refractivity contribution in [3.8, 4) is 0 Å². The summed E-state index contributed by atoms with van der Waals surface area (Å²) >= 11 is 6.42. The van der Waals surface area contributed by atoms with Gasteiger partial charge in [-0.25, -0.2) is 9.78 Å². The molecular weight excluding hydrogens is 372 g/mol. The molecule has 0 spiro atoms. The maximum absolute atomic E-state index is 13.1. The topological polar surface area (TPSA) is 61.0 Å². The third-order valence-electron chi connectivity index (χ3n) is 5.35. The van der Waals surface area contributed by atoms with Gasteiger partial charge >= 0.3 is 6.03 Å². The number of benzene rings is 2. The van der Waals surface area contributed by atoms with E-state index in [4.69, 9.17) is 11.6 Å². The van der Waals surface area contributed by atoms with Crippen molar-refractivity contribution in [2.24, 2.45) is 0 Å². The molecule has 3 aromatic rings. The Morgan fingerprint density at radius 1 is 1.11 bits per heavy atom. The number of hydrogen-bond donors (Lipinski definition) is 2. The molecule has 0 unspecified atom stereocenters. The van der Waals surface area contributed by atoms with E-state index in [0.717, 1.165) is 48.2 Å². The highest BCUT2D eigenvalue weighted by Gasteiger charge is 2.28. The first-order valence-corrected chi connectivity index (χ1v) is 10.4. The smallest absolute Gasteiger partial charge is 0.322 e. The Labute approximate surface area is 170 Å². The average molecular weight is 397 g/mol. The summed E-state index contributed by atoms with van der Waals surface area (Å²) in [5.74, 6) is 0.878. The predicted molar refractivity (Wildman–Crippen MR) is 114 cm³/mol. The molecule has 5 nitrogen and oxygen atoms in total. The molecule has 1 aromatic heterocycles. The van der Waals surface area contributed by atoms with Crippen LogP contribution < -0.4 is 10.2 Å². The highest BCUT2D eigenvalue weighted by Crippen LogP contribution is 2.32. The SMILES string of the molecule is O=C(NCCc1nc2ccccc2[nH]1)N(c1ccccc1Cl)C1CCCCC1. The Balaban J connectivity index is 1.45. The van der Waals surface area contributed by atoms with Crippen LogP contribution in [0.5, 0.6) is 0 Å². The number of H-pyrrole nitrogens is 1. The van der Waals surface area contributed by atoms with E-state index < -0.39 is 0 Å². The number of rotatable bonds is 5. The Bertz CT molecular complexity index is 915. The molecule has 1 aliphatic carbocycles. The minimum atomic E-state index is -0.0869. The van der Waals surface area contributed by atoms with Crippen LogP contribution in [0.25, 0.3) is 11.0 Å². The average Bonchev–Trinajstić information content (AvgIpc) is 3.13. The van der Waals surface area contributed by atoms with Gasteiger partial charge in [0.25, 0.3) is 0 Å². The van der Waals surface area contributed by atoms with E-state index in [1.807, 2.05) is 53.4 Å². The zero-order chi connectivity index (χ0) is 19.3. The lowest BCUT2D eigenvalue weighted by Gasteiger charge is -2.35. The number of hydrogen-bond acceptors (Lipinski definition) is 2. The predicted octanol–water partition coefficient (Wildman–Crippen LogP) is 5.31. The number of amides is 2. The second-order valence-corrected chi connectivity index (χ2v) is 7.70. The fraction of sp³-hybridized carbons (Fsp3) is 0.364. The number of carbonyl (C=O) groups excluding carboxylic acids is 1. The van der Waals surface area contributed by atoms with Crippen LogP contribution in [-0.4, -0.2) is 28.6 Å². The molecule has 1 fully saturated rings. The molecule has 0 aliphatic heterocycles. The summed E-state index contributed by atoms with van der Waals surface area (Å²) in [5, 5.41) is 3.68. The fourth-order valence-corrected chi connectivity index (χ4v) is 4.18. The Morgan fingerprint density at radius 3 is 2.64 bits per heavy atom. The molecule has 2 amide bonds. The van der Waals surface area contributed by atoms with E-state index in [2.05, 4.69) is 15.3 Å². The van der Waals surface area contributed by atoms with Crippen LogP contribution in [0.4, 0.5) is 10.5 Å². The molecule has 6 heteroatoms. The second-order valence-electron chi connectivity index (χ2n) is 7.30. The normalized spacial score (nSPS) is 14.9. The number of nitrogens with one attached hydrogen (secondary N) is 2. The summed E-state index contributed by atoms with van der Waals surface area (Å²) in [6, 6.07) is 15.6. The van der Waals surface area contributed by atoms with Crippen LogP contribution in [0.2, 0.25) is 5.02 Å². The number of nitrogens with zero attached hydrogens (tertiary/aromatic N) is 2. The lowest BCUT2D eigenvalue weighted by Crippen LogP contribution is -2.48. The summed E-state index contributed by atoms with van der Waals surface area (Å²) in [4.78, 5) is 22.8. The van der Waals surface area contributed by atoms with Crippen molar-refractivity contribution >= 4 is 34.4 Å². The first kappa shape index (κ1) is 18.8. The number of imidazole rings is 1. The number of aromatic amines is 1. The van der Waals surface area contributed by atoms with Gasteiger partial charge in [0, 0.05) is 19.0 Å². The molecule has 1 aliphatic rings. The third-order valence-corrected chi connectivity index (χ3v) is 5.67. The maximum Gasteiger partial charge on any atom is 0.322 e. The van der Waals surface area contributed by atoms with E-state index in [9.17, 15) is 4.79 Å². The molecule has 1 heterocycles. The van der Waals surface area contributed by atoms with Crippen LogP contribution in [0.1, 0.15) is 37.9 Å². The van der Waals surface area contributed by atoms with Gasteiger partial charge < -0.3 is 10.3 Å². The van der Waals surface area contributed by atoms with Gasteiger partial charge in [-0.2, -0.15) is 0 Å². The summed E-state index contributed by atoms with van der Waals surface area (Å²) in [7, 11) is 0. The molecule has 0 radical (unpaired) electrons. The number of fused-ring (bicyclic) bond motifs is 1. The van der Waals surface area contributed by atoms with Crippen molar-refractivity contribution < 1.29 is 4.79 Å².